The summed E-state index contributed by atoms with van der Waals surface area (Å²) in [6.45, 7) is 11.5. The molecule has 0 aliphatic rings. The molecule has 0 amide bonds. The highest BCUT2D eigenvalue weighted by atomic mass is 16.5. The Balaban J connectivity index is 2.00. The van der Waals surface area contributed by atoms with Crippen LogP contribution in [0.1, 0.15) is 64.9 Å². The van der Waals surface area contributed by atoms with Gasteiger partial charge >= 0.3 is 0 Å². The summed E-state index contributed by atoms with van der Waals surface area (Å²) in [7, 11) is 0. The van der Waals surface area contributed by atoms with E-state index in [-0.39, 0.29) is 23.7 Å². The molecule has 0 fully saturated rings. The number of pyridine rings is 1. The summed E-state index contributed by atoms with van der Waals surface area (Å²) < 4.78 is 7.44. The molecule has 0 bridgehead atoms. The van der Waals surface area contributed by atoms with E-state index in [1.54, 1.807) is 0 Å². The summed E-state index contributed by atoms with van der Waals surface area (Å²) in [5.74, 6) is 1.50. The smallest absolute Gasteiger partial charge is 0.252 e. The van der Waals surface area contributed by atoms with E-state index in [9.17, 15) is 9.90 Å². The van der Waals surface area contributed by atoms with Gasteiger partial charge in [0.2, 0.25) is 0 Å². The van der Waals surface area contributed by atoms with Gasteiger partial charge in [-0.05, 0) is 68.8 Å². The van der Waals surface area contributed by atoms with Crippen molar-refractivity contribution in [2.45, 2.75) is 65.6 Å². The van der Waals surface area contributed by atoms with Crippen molar-refractivity contribution >= 4 is 10.9 Å². The Hall–Kier alpha value is -2.78. The maximum atomic E-state index is 12.9. The lowest BCUT2D eigenvalue weighted by molar-refractivity contribution is 0.123. The first-order chi connectivity index (χ1) is 15.3. The molecular formula is C23H34N6O3. The highest BCUT2D eigenvalue weighted by Crippen LogP contribution is 2.28. The first-order valence-electron chi connectivity index (χ1n) is 11.2. The number of nitrogens with zero attached hydrogens (tertiary/aromatic N) is 5. The third-order valence-corrected chi connectivity index (χ3v) is 5.39. The van der Waals surface area contributed by atoms with Crippen LogP contribution in [0.3, 0.4) is 0 Å². The van der Waals surface area contributed by atoms with Crippen molar-refractivity contribution in [3.8, 4) is 5.75 Å². The zero-order valence-corrected chi connectivity index (χ0v) is 19.6. The number of tetrazole rings is 1. The largest absolute Gasteiger partial charge is 0.494 e. The second-order valence-corrected chi connectivity index (χ2v) is 8.92. The summed E-state index contributed by atoms with van der Waals surface area (Å²) in [5, 5.41) is 23.2. The SMILES string of the molecule is CCC[C@@H](c1nnnn1C(C)(C)C)N(CCO)Cc1cc2cc(OCC)ccc2[nH]c1=O. The highest BCUT2D eigenvalue weighted by molar-refractivity contribution is 5.80. The van der Waals surface area contributed by atoms with Crippen LogP contribution in [0.5, 0.6) is 5.75 Å². The maximum absolute atomic E-state index is 12.9. The number of rotatable bonds is 10. The minimum atomic E-state index is -0.286. The fourth-order valence-electron chi connectivity index (χ4n) is 3.92. The summed E-state index contributed by atoms with van der Waals surface area (Å²) in [4.78, 5) is 17.9. The Morgan fingerprint density at radius 3 is 2.69 bits per heavy atom. The van der Waals surface area contributed by atoms with Crippen molar-refractivity contribution in [3.63, 3.8) is 0 Å². The first kappa shape index (κ1) is 23.9. The Morgan fingerprint density at radius 2 is 2.03 bits per heavy atom. The van der Waals surface area contributed by atoms with E-state index >= 15 is 0 Å². The molecular weight excluding hydrogens is 408 g/mol. The minimum Gasteiger partial charge on any atom is -0.494 e. The molecule has 0 aliphatic carbocycles. The van der Waals surface area contributed by atoms with Crippen molar-refractivity contribution in [2.24, 2.45) is 0 Å². The van der Waals surface area contributed by atoms with E-state index in [0.717, 1.165) is 35.3 Å². The molecule has 2 heterocycles. The summed E-state index contributed by atoms with van der Waals surface area (Å²) in [6.07, 6.45) is 1.71. The highest BCUT2D eigenvalue weighted by Gasteiger charge is 2.30. The van der Waals surface area contributed by atoms with Gasteiger partial charge in [0, 0.05) is 29.6 Å². The lowest BCUT2D eigenvalue weighted by Crippen LogP contribution is -2.37. The number of hydrogen-bond acceptors (Lipinski definition) is 7. The van der Waals surface area contributed by atoms with Crippen LogP contribution in [0.25, 0.3) is 10.9 Å². The Labute approximate surface area is 188 Å². The third-order valence-electron chi connectivity index (χ3n) is 5.39. The van der Waals surface area contributed by atoms with E-state index in [1.807, 2.05) is 35.9 Å². The number of ether oxygens (including phenoxy) is 1. The molecule has 0 spiro atoms. The van der Waals surface area contributed by atoms with Crippen LogP contribution >= 0.6 is 0 Å². The van der Waals surface area contributed by atoms with Gasteiger partial charge < -0.3 is 14.8 Å². The number of H-pyrrole nitrogens is 1. The van der Waals surface area contributed by atoms with Crippen LogP contribution < -0.4 is 10.3 Å². The fourth-order valence-corrected chi connectivity index (χ4v) is 3.92. The predicted molar refractivity (Wildman–Crippen MR) is 124 cm³/mol. The van der Waals surface area contributed by atoms with Crippen molar-refractivity contribution in [1.29, 1.82) is 0 Å². The second kappa shape index (κ2) is 10.2. The van der Waals surface area contributed by atoms with Crippen LogP contribution in [-0.2, 0) is 12.1 Å². The molecule has 1 aromatic carbocycles. The Morgan fingerprint density at radius 1 is 1.25 bits per heavy atom. The van der Waals surface area contributed by atoms with E-state index in [4.69, 9.17) is 4.74 Å². The van der Waals surface area contributed by atoms with Gasteiger partial charge in [0.15, 0.2) is 5.82 Å². The monoisotopic (exact) mass is 442 g/mol. The van der Waals surface area contributed by atoms with Gasteiger partial charge in [0.25, 0.3) is 5.56 Å². The summed E-state index contributed by atoms with van der Waals surface area (Å²) >= 11 is 0. The second-order valence-electron chi connectivity index (χ2n) is 8.92. The zero-order chi connectivity index (χ0) is 23.3. The molecule has 0 aliphatic heterocycles. The molecule has 9 heteroatoms. The zero-order valence-electron chi connectivity index (χ0n) is 19.6. The van der Waals surface area contributed by atoms with Crippen LogP contribution in [0.15, 0.2) is 29.1 Å². The molecule has 9 nitrogen and oxygen atoms in total. The number of hydrogen-bond donors (Lipinski definition) is 2. The van der Waals surface area contributed by atoms with Crippen molar-refractivity contribution < 1.29 is 9.84 Å². The molecule has 0 radical (unpaired) electrons. The van der Waals surface area contributed by atoms with E-state index < -0.39 is 0 Å². The molecule has 2 N–H and O–H groups in total. The van der Waals surface area contributed by atoms with Gasteiger partial charge in [0.1, 0.15) is 5.75 Å². The number of fused-ring (bicyclic) bond motifs is 1. The molecule has 0 saturated carbocycles. The van der Waals surface area contributed by atoms with Gasteiger partial charge in [-0.25, -0.2) is 4.68 Å². The topological polar surface area (TPSA) is 109 Å². The molecule has 3 aromatic rings. The maximum Gasteiger partial charge on any atom is 0.252 e. The summed E-state index contributed by atoms with van der Waals surface area (Å²) in [6, 6.07) is 7.40. The quantitative estimate of drug-likeness (QED) is 0.497. The molecule has 1 atom stereocenters. The Kier molecular flexibility index (Phi) is 7.63. The van der Waals surface area contributed by atoms with Crippen LogP contribution in [-0.4, -0.2) is 55.0 Å². The van der Waals surface area contributed by atoms with Gasteiger partial charge in [-0.2, -0.15) is 0 Å². The Bertz CT molecular complexity index is 1090. The predicted octanol–water partition coefficient (Wildman–Crippen LogP) is 3.00. The minimum absolute atomic E-state index is 0.0305. The molecule has 32 heavy (non-hydrogen) atoms. The number of aliphatic hydroxyl groups excluding tert-OH is 1. The number of nitrogens with one attached hydrogen (secondary N) is 1. The van der Waals surface area contributed by atoms with E-state index in [1.165, 1.54) is 0 Å². The number of aromatic amines is 1. The molecule has 3 rings (SSSR count). The summed E-state index contributed by atoms with van der Waals surface area (Å²) in [5.41, 5.74) is 0.953. The van der Waals surface area contributed by atoms with Gasteiger partial charge in [0.05, 0.1) is 24.8 Å². The van der Waals surface area contributed by atoms with Crippen molar-refractivity contribution in [1.82, 2.24) is 30.1 Å². The molecule has 0 unspecified atom stereocenters. The lowest BCUT2D eigenvalue weighted by atomic mass is 10.0. The van der Waals surface area contributed by atoms with Crippen LogP contribution in [0, 0.1) is 0 Å². The lowest BCUT2D eigenvalue weighted by Gasteiger charge is -2.32. The van der Waals surface area contributed by atoms with Crippen molar-refractivity contribution in [3.05, 3.63) is 46.0 Å². The van der Waals surface area contributed by atoms with Crippen LogP contribution in [0.2, 0.25) is 0 Å². The van der Waals surface area contributed by atoms with Crippen LogP contribution in [0.4, 0.5) is 0 Å². The average Bonchev–Trinajstić information content (AvgIpc) is 3.23. The fraction of sp³-hybridized carbons (Fsp3) is 0.565. The van der Waals surface area contributed by atoms with Crippen molar-refractivity contribution in [2.75, 3.05) is 19.8 Å². The third kappa shape index (κ3) is 5.34. The molecule has 174 valence electrons. The van der Waals surface area contributed by atoms with E-state index in [2.05, 4.69) is 53.1 Å². The van der Waals surface area contributed by atoms with Gasteiger partial charge in [-0.3, -0.25) is 9.69 Å². The number of benzene rings is 1. The normalized spacial score (nSPS) is 13.1. The first-order valence-corrected chi connectivity index (χ1v) is 11.2. The number of aliphatic hydroxyl groups is 1. The van der Waals surface area contributed by atoms with Gasteiger partial charge in [-0.15, -0.1) is 5.10 Å². The standard InChI is InChI=1S/C23H34N6O3/c1-6-8-20(21-25-26-27-29(21)23(3,4)5)28(11-12-30)15-17-13-16-14-18(32-7-2)9-10-19(16)24-22(17)31/h9-10,13-14,20,30H,6-8,11-12,15H2,1-5H3,(H,24,31)/t20-/m0/s1. The molecule has 2 aromatic heterocycles. The van der Waals surface area contributed by atoms with Gasteiger partial charge in [-0.1, -0.05) is 13.3 Å². The average molecular weight is 443 g/mol. The molecule has 0 saturated heterocycles. The van der Waals surface area contributed by atoms with E-state index in [0.29, 0.717) is 25.3 Å². The number of aromatic nitrogens is 5.